The van der Waals surface area contributed by atoms with Crippen LogP contribution < -0.4 is 11.1 Å². The molecule has 1 aliphatic rings. The number of hydrogen-bond acceptors (Lipinski definition) is 4. The average molecular weight is 229 g/mol. The molecule has 0 bridgehead atoms. The van der Waals surface area contributed by atoms with Crippen LogP contribution in [0.2, 0.25) is 0 Å². The van der Waals surface area contributed by atoms with E-state index in [1.54, 1.807) is 11.9 Å². The zero-order valence-electron chi connectivity index (χ0n) is 9.73. The Labute approximate surface area is 95.1 Å². The topological polar surface area (TPSA) is 84.7 Å². The Morgan fingerprint density at radius 3 is 2.81 bits per heavy atom. The van der Waals surface area contributed by atoms with E-state index >= 15 is 0 Å². The molecule has 2 amide bonds. The van der Waals surface area contributed by atoms with E-state index in [9.17, 15) is 9.59 Å². The predicted molar refractivity (Wildman–Crippen MR) is 58.7 cm³/mol. The molecule has 1 aliphatic heterocycles. The van der Waals surface area contributed by atoms with E-state index in [1.165, 1.54) is 7.11 Å². The minimum absolute atomic E-state index is 0.127. The number of rotatable bonds is 4. The second-order valence-corrected chi connectivity index (χ2v) is 3.76. The lowest BCUT2D eigenvalue weighted by Crippen LogP contribution is -2.50. The molecule has 2 atom stereocenters. The number of amides is 2. The summed E-state index contributed by atoms with van der Waals surface area (Å²) in [5, 5.41) is 2.56. The summed E-state index contributed by atoms with van der Waals surface area (Å²) in [5.41, 5.74) is 5.43. The van der Waals surface area contributed by atoms with Gasteiger partial charge in [0.2, 0.25) is 5.91 Å². The molecule has 0 aliphatic carbocycles. The molecule has 1 rings (SSSR count). The number of nitrogens with two attached hydrogens (primary N) is 1. The van der Waals surface area contributed by atoms with Crippen LogP contribution in [-0.2, 0) is 14.3 Å². The second-order valence-electron chi connectivity index (χ2n) is 3.76. The van der Waals surface area contributed by atoms with Gasteiger partial charge in [-0.1, -0.05) is 0 Å². The SMILES string of the molecule is CNC(=O)C1CCCN1C(=O)C(CN)OC. The largest absolute Gasteiger partial charge is 0.370 e. The predicted octanol–water partition coefficient (Wildman–Crippen LogP) is -1.30. The van der Waals surface area contributed by atoms with Crippen molar-refractivity contribution >= 4 is 11.8 Å². The van der Waals surface area contributed by atoms with E-state index in [4.69, 9.17) is 10.5 Å². The number of hydrogen-bond donors (Lipinski definition) is 2. The van der Waals surface area contributed by atoms with Crippen LogP contribution in [0.25, 0.3) is 0 Å². The van der Waals surface area contributed by atoms with Crippen molar-refractivity contribution in [2.24, 2.45) is 5.73 Å². The van der Waals surface area contributed by atoms with E-state index in [0.717, 1.165) is 6.42 Å². The summed E-state index contributed by atoms with van der Waals surface area (Å²) in [7, 11) is 3.01. The molecule has 0 aromatic rings. The van der Waals surface area contributed by atoms with Gasteiger partial charge < -0.3 is 20.7 Å². The molecule has 0 spiro atoms. The minimum Gasteiger partial charge on any atom is -0.370 e. The monoisotopic (exact) mass is 229 g/mol. The van der Waals surface area contributed by atoms with Crippen molar-refractivity contribution in [1.29, 1.82) is 0 Å². The molecule has 6 heteroatoms. The summed E-state index contributed by atoms with van der Waals surface area (Å²) < 4.78 is 4.99. The number of carbonyl (C=O) groups is 2. The number of likely N-dealkylation sites (N-methyl/N-ethyl adjacent to an activating group) is 1. The van der Waals surface area contributed by atoms with Gasteiger partial charge in [0.15, 0.2) is 0 Å². The van der Waals surface area contributed by atoms with Crippen molar-refractivity contribution in [2.45, 2.75) is 25.0 Å². The third-order valence-corrected chi connectivity index (χ3v) is 2.86. The van der Waals surface area contributed by atoms with Crippen LogP contribution in [0.15, 0.2) is 0 Å². The fourth-order valence-corrected chi connectivity index (χ4v) is 1.95. The fraction of sp³-hybridized carbons (Fsp3) is 0.800. The first-order valence-corrected chi connectivity index (χ1v) is 5.40. The Kier molecular flexibility index (Phi) is 4.70. The zero-order chi connectivity index (χ0) is 12.1. The average Bonchev–Trinajstić information content (AvgIpc) is 2.78. The normalized spacial score (nSPS) is 21.9. The van der Waals surface area contributed by atoms with Gasteiger partial charge in [-0.2, -0.15) is 0 Å². The molecule has 0 aromatic carbocycles. The number of likely N-dealkylation sites (tertiary alicyclic amines) is 1. The molecular weight excluding hydrogens is 210 g/mol. The van der Waals surface area contributed by atoms with Crippen LogP contribution in [0.5, 0.6) is 0 Å². The maximum Gasteiger partial charge on any atom is 0.253 e. The summed E-state index contributed by atoms with van der Waals surface area (Å²) in [6, 6.07) is -0.373. The van der Waals surface area contributed by atoms with Crippen LogP contribution in [0.1, 0.15) is 12.8 Å². The highest BCUT2D eigenvalue weighted by Crippen LogP contribution is 2.18. The van der Waals surface area contributed by atoms with Gasteiger partial charge in [0, 0.05) is 27.2 Å². The maximum atomic E-state index is 12.0. The molecule has 92 valence electrons. The fourth-order valence-electron chi connectivity index (χ4n) is 1.95. The van der Waals surface area contributed by atoms with E-state index in [2.05, 4.69) is 5.32 Å². The summed E-state index contributed by atoms with van der Waals surface area (Å²) in [6.07, 6.45) is 0.891. The first-order chi connectivity index (χ1) is 7.65. The maximum absolute atomic E-state index is 12.0. The first kappa shape index (κ1) is 12.9. The molecular formula is C10H19N3O3. The van der Waals surface area contributed by atoms with Gasteiger partial charge >= 0.3 is 0 Å². The molecule has 1 saturated heterocycles. The molecule has 0 saturated carbocycles. The van der Waals surface area contributed by atoms with E-state index in [-0.39, 0.29) is 24.4 Å². The molecule has 16 heavy (non-hydrogen) atoms. The van der Waals surface area contributed by atoms with Crippen molar-refractivity contribution in [3.63, 3.8) is 0 Å². The molecule has 0 radical (unpaired) electrons. The Bertz CT molecular complexity index is 266. The van der Waals surface area contributed by atoms with Crippen molar-refractivity contribution in [2.75, 3.05) is 27.2 Å². The van der Waals surface area contributed by atoms with Crippen LogP contribution in [0.3, 0.4) is 0 Å². The number of methoxy groups -OCH3 is 1. The van der Waals surface area contributed by atoms with Gasteiger partial charge in [-0.25, -0.2) is 0 Å². The minimum atomic E-state index is -0.648. The molecule has 2 unspecified atom stereocenters. The quantitative estimate of drug-likeness (QED) is 0.627. The van der Waals surface area contributed by atoms with E-state index in [1.807, 2.05) is 0 Å². The van der Waals surface area contributed by atoms with Gasteiger partial charge in [-0.3, -0.25) is 9.59 Å². The van der Waals surface area contributed by atoms with E-state index in [0.29, 0.717) is 13.0 Å². The third-order valence-electron chi connectivity index (χ3n) is 2.86. The third kappa shape index (κ3) is 2.51. The highest BCUT2D eigenvalue weighted by molar-refractivity contribution is 5.89. The molecule has 1 fully saturated rings. The lowest BCUT2D eigenvalue weighted by molar-refractivity contribution is -0.146. The lowest BCUT2D eigenvalue weighted by Gasteiger charge is -2.26. The number of ether oxygens (including phenoxy) is 1. The van der Waals surface area contributed by atoms with Gasteiger partial charge in [0.25, 0.3) is 5.91 Å². The summed E-state index contributed by atoms with van der Waals surface area (Å²) >= 11 is 0. The van der Waals surface area contributed by atoms with Crippen LogP contribution in [0, 0.1) is 0 Å². The van der Waals surface area contributed by atoms with Gasteiger partial charge in [-0.05, 0) is 12.8 Å². The number of nitrogens with zero attached hydrogens (tertiary/aromatic N) is 1. The smallest absolute Gasteiger partial charge is 0.253 e. The summed E-state index contributed by atoms with van der Waals surface area (Å²) in [4.78, 5) is 25.1. The molecule has 6 nitrogen and oxygen atoms in total. The Morgan fingerprint density at radius 1 is 1.62 bits per heavy atom. The van der Waals surface area contributed by atoms with Gasteiger partial charge in [0.05, 0.1) is 0 Å². The van der Waals surface area contributed by atoms with Crippen molar-refractivity contribution < 1.29 is 14.3 Å². The highest BCUT2D eigenvalue weighted by atomic mass is 16.5. The van der Waals surface area contributed by atoms with Crippen LogP contribution >= 0.6 is 0 Å². The zero-order valence-corrected chi connectivity index (χ0v) is 9.73. The van der Waals surface area contributed by atoms with Gasteiger partial charge in [-0.15, -0.1) is 0 Å². The highest BCUT2D eigenvalue weighted by Gasteiger charge is 2.36. The molecule has 0 aromatic heterocycles. The van der Waals surface area contributed by atoms with Crippen molar-refractivity contribution in [3.8, 4) is 0 Å². The van der Waals surface area contributed by atoms with Crippen molar-refractivity contribution in [1.82, 2.24) is 10.2 Å². The van der Waals surface area contributed by atoms with Crippen LogP contribution in [0.4, 0.5) is 0 Å². The second kappa shape index (κ2) is 5.81. The Morgan fingerprint density at radius 2 is 2.31 bits per heavy atom. The summed E-state index contributed by atoms with van der Waals surface area (Å²) in [5.74, 6) is -0.325. The lowest BCUT2D eigenvalue weighted by atomic mass is 10.2. The first-order valence-electron chi connectivity index (χ1n) is 5.40. The standard InChI is InChI=1S/C10H19N3O3/c1-12-9(14)7-4-3-5-13(7)10(15)8(6-11)16-2/h7-8H,3-6,11H2,1-2H3,(H,12,14). The number of nitrogens with one attached hydrogen (secondary N) is 1. The molecule has 3 N–H and O–H groups in total. The van der Waals surface area contributed by atoms with Gasteiger partial charge in [0.1, 0.15) is 12.1 Å². The Hall–Kier alpha value is -1.14. The Balaban J connectivity index is 2.70. The number of carbonyl (C=O) groups excluding carboxylic acids is 2. The summed E-state index contributed by atoms with van der Waals surface area (Å²) in [6.45, 7) is 0.725. The molecule has 1 heterocycles. The van der Waals surface area contributed by atoms with Crippen LogP contribution in [-0.4, -0.2) is 56.1 Å². The van der Waals surface area contributed by atoms with Crippen molar-refractivity contribution in [3.05, 3.63) is 0 Å². The van der Waals surface area contributed by atoms with E-state index < -0.39 is 6.10 Å².